The molecular weight excluding hydrogens is 609 g/mol. The first-order chi connectivity index (χ1) is 19.9. The Bertz CT molecular complexity index is 1830. The van der Waals surface area contributed by atoms with Gasteiger partial charge in [-0.15, -0.1) is 0 Å². The van der Waals surface area contributed by atoms with Crippen LogP contribution in [0.1, 0.15) is 30.2 Å². The van der Waals surface area contributed by atoms with Gasteiger partial charge in [0.25, 0.3) is 11.5 Å². The van der Waals surface area contributed by atoms with E-state index in [0.29, 0.717) is 11.4 Å². The Morgan fingerprint density at radius 1 is 1.10 bits per heavy atom. The van der Waals surface area contributed by atoms with Crippen LogP contribution >= 0.6 is 23.2 Å². The van der Waals surface area contributed by atoms with Crippen molar-refractivity contribution in [1.29, 1.82) is 0 Å². The molecule has 4 aromatic rings. The van der Waals surface area contributed by atoms with Gasteiger partial charge in [0.05, 0.1) is 45.1 Å². The third kappa shape index (κ3) is 6.66. The first kappa shape index (κ1) is 30.8. The summed E-state index contributed by atoms with van der Waals surface area (Å²) in [5.74, 6) is -0.710. The van der Waals surface area contributed by atoms with Crippen molar-refractivity contribution < 1.29 is 22.7 Å². The second kappa shape index (κ2) is 12.8. The van der Waals surface area contributed by atoms with Crippen LogP contribution < -0.4 is 25.7 Å². The fraction of sp³-hybridized carbons (Fsp3) is 0.269. The zero-order valence-electron chi connectivity index (χ0n) is 22.9. The van der Waals surface area contributed by atoms with Crippen molar-refractivity contribution in [2.75, 3.05) is 23.7 Å². The van der Waals surface area contributed by atoms with Gasteiger partial charge in [0.1, 0.15) is 11.6 Å². The first-order valence-electron chi connectivity index (χ1n) is 12.5. The number of fused-ring (bicyclic) bond motifs is 1. The van der Waals surface area contributed by atoms with Crippen LogP contribution in [0.2, 0.25) is 10.0 Å². The van der Waals surface area contributed by atoms with Gasteiger partial charge < -0.3 is 15.4 Å². The highest BCUT2D eigenvalue weighted by Crippen LogP contribution is 2.31. The number of carbonyl (C=O) groups excluding carboxylic acids is 2. The molecule has 1 unspecified atom stereocenters. The molecule has 222 valence electrons. The second-order valence-corrected chi connectivity index (χ2v) is 10.8. The molecular formula is C26H27Cl2N7O6S. The minimum Gasteiger partial charge on any atom is -0.495 e. The summed E-state index contributed by atoms with van der Waals surface area (Å²) in [5.41, 5.74) is 1.22. The number of methoxy groups -OCH3 is 1. The number of rotatable bonds is 10. The van der Waals surface area contributed by atoms with E-state index >= 15 is 0 Å². The zero-order chi connectivity index (χ0) is 30.7. The normalized spacial score (nSPS) is 11.9. The average Bonchev–Trinajstić information content (AvgIpc) is 3.24. The van der Waals surface area contributed by atoms with Crippen molar-refractivity contribution in [3.05, 3.63) is 74.0 Å². The molecule has 0 radical (unpaired) electrons. The van der Waals surface area contributed by atoms with Crippen molar-refractivity contribution in [3.8, 4) is 5.75 Å². The monoisotopic (exact) mass is 635 g/mol. The van der Waals surface area contributed by atoms with Gasteiger partial charge in [-0.1, -0.05) is 23.2 Å². The van der Waals surface area contributed by atoms with Gasteiger partial charge in [-0.25, -0.2) is 18.1 Å². The largest absolute Gasteiger partial charge is 0.495 e. The van der Waals surface area contributed by atoms with E-state index < -0.39 is 28.4 Å². The Labute approximate surface area is 251 Å². The van der Waals surface area contributed by atoms with E-state index in [2.05, 4.69) is 25.4 Å². The number of anilines is 2. The van der Waals surface area contributed by atoms with Gasteiger partial charge in [0.15, 0.2) is 6.04 Å². The molecule has 4 rings (SSSR count). The summed E-state index contributed by atoms with van der Waals surface area (Å²) >= 11 is 12.4. The topological polar surface area (TPSA) is 166 Å². The van der Waals surface area contributed by atoms with Gasteiger partial charge in [0.2, 0.25) is 16.8 Å². The molecule has 16 heteroatoms. The summed E-state index contributed by atoms with van der Waals surface area (Å²) in [6, 6.07) is 7.62. The lowest BCUT2D eigenvalue weighted by Gasteiger charge is -2.23. The molecule has 0 aliphatic carbocycles. The second-order valence-electron chi connectivity index (χ2n) is 9.24. The molecule has 0 bridgehead atoms. The van der Waals surface area contributed by atoms with Crippen LogP contribution in [0.15, 0.2) is 41.2 Å². The molecule has 13 nitrogen and oxygen atoms in total. The maximum absolute atomic E-state index is 14.1. The average molecular weight is 637 g/mol. The zero-order valence-corrected chi connectivity index (χ0v) is 25.3. The number of aromatic nitrogens is 4. The number of ether oxygens (including phenoxy) is 1. The van der Waals surface area contributed by atoms with Crippen LogP contribution in [0.25, 0.3) is 10.9 Å². The number of hydrogen-bond donors (Lipinski definition) is 4. The van der Waals surface area contributed by atoms with Crippen LogP contribution in [0.3, 0.4) is 0 Å². The van der Waals surface area contributed by atoms with Gasteiger partial charge in [-0.2, -0.15) is 5.10 Å². The van der Waals surface area contributed by atoms with E-state index in [1.165, 1.54) is 53.6 Å². The lowest BCUT2D eigenvalue weighted by atomic mass is 10.1. The molecule has 0 saturated carbocycles. The molecule has 42 heavy (non-hydrogen) atoms. The van der Waals surface area contributed by atoms with E-state index in [9.17, 15) is 22.8 Å². The highest BCUT2D eigenvalue weighted by Gasteiger charge is 2.31. The Morgan fingerprint density at radius 2 is 1.81 bits per heavy atom. The fourth-order valence-electron chi connectivity index (χ4n) is 4.43. The lowest BCUT2D eigenvalue weighted by Crippen LogP contribution is -2.38. The van der Waals surface area contributed by atoms with Gasteiger partial charge in [0, 0.05) is 25.7 Å². The Balaban J connectivity index is 1.94. The molecule has 2 aromatic heterocycles. The Hall–Kier alpha value is -4.14. The van der Waals surface area contributed by atoms with Crippen molar-refractivity contribution in [3.63, 3.8) is 0 Å². The van der Waals surface area contributed by atoms with Crippen molar-refractivity contribution in [1.82, 2.24) is 24.6 Å². The fourth-order valence-corrected chi connectivity index (χ4v) is 5.10. The maximum atomic E-state index is 14.1. The molecule has 2 heterocycles. The molecule has 0 aliphatic heterocycles. The predicted octanol–water partition coefficient (Wildman–Crippen LogP) is 2.83. The van der Waals surface area contributed by atoms with Crippen molar-refractivity contribution in [2.45, 2.75) is 33.4 Å². The number of amides is 2. The van der Waals surface area contributed by atoms with E-state index in [1.807, 2.05) is 0 Å². The van der Waals surface area contributed by atoms with E-state index in [0.717, 1.165) is 0 Å². The van der Waals surface area contributed by atoms with Crippen LogP contribution in [0.5, 0.6) is 5.75 Å². The summed E-state index contributed by atoms with van der Waals surface area (Å²) in [6.07, 6.45) is 0. The number of hydrogen-bond acceptors (Lipinski definition) is 8. The molecule has 0 saturated heterocycles. The summed E-state index contributed by atoms with van der Waals surface area (Å²) in [4.78, 5) is 44.2. The molecule has 2 amide bonds. The Kier molecular flexibility index (Phi) is 9.39. The number of thiol groups is 1. The van der Waals surface area contributed by atoms with Gasteiger partial charge in [-0.05, 0) is 50.2 Å². The molecule has 3 N–H and O–H groups in total. The van der Waals surface area contributed by atoms with Crippen molar-refractivity contribution in [2.24, 2.45) is 0 Å². The van der Waals surface area contributed by atoms with E-state index in [1.54, 1.807) is 19.9 Å². The Morgan fingerprint density at radius 3 is 2.43 bits per heavy atom. The molecule has 0 aliphatic rings. The van der Waals surface area contributed by atoms with Gasteiger partial charge in [-0.3, -0.25) is 23.7 Å². The summed E-state index contributed by atoms with van der Waals surface area (Å²) < 4.78 is 32.8. The van der Waals surface area contributed by atoms with Crippen LogP contribution in [0.4, 0.5) is 11.4 Å². The summed E-state index contributed by atoms with van der Waals surface area (Å²) in [5, 5.41) is 10.4. The molecule has 1 atom stereocenters. The first-order valence-corrected chi connectivity index (χ1v) is 14.4. The van der Waals surface area contributed by atoms with Crippen LogP contribution in [-0.4, -0.2) is 53.2 Å². The highest BCUT2D eigenvalue weighted by molar-refractivity contribution is 7.73. The number of nitrogens with one attached hydrogen (secondary N) is 3. The van der Waals surface area contributed by atoms with E-state index in [-0.39, 0.29) is 62.9 Å². The third-order valence-corrected chi connectivity index (χ3v) is 7.36. The van der Waals surface area contributed by atoms with E-state index in [4.69, 9.17) is 27.9 Å². The SMILES string of the molecule is COc1ccc(N[SH](=O)=O)cc1NC(=O)C(c1nc2cc(Cl)c(Cl)cc2c(=O)n1CCNC(C)=O)n1nc(C)cc1C. The summed E-state index contributed by atoms with van der Waals surface area (Å²) in [6.45, 7) is 4.87. The molecule has 2 aromatic carbocycles. The number of carbonyl (C=O) groups is 2. The van der Waals surface area contributed by atoms with Crippen LogP contribution in [-0.2, 0) is 27.0 Å². The van der Waals surface area contributed by atoms with Gasteiger partial charge >= 0.3 is 0 Å². The summed E-state index contributed by atoms with van der Waals surface area (Å²) in [7, 11) is -1.57. The van der Waals surface area contributed by atoms with Crippen LogP contribution in [0, 0.1) is 13.8 Å². The predicted molar refractivity (Wildman–Crippen MR) is 160 cm³/mol. The molecule has 0 fully saturated rings. The third-order valence-electron chi connectivity index (χ3n) is 6.19. The number of benzene rings is 2. The number of nitrogens with zero attached hydrogens (tertiary/aromatic N) is 4. The number of aryl methyl sites for hydroxylation is 2. The number of halogens is 2. The van der Waals surface area contributed by atoms with Crippen molar-refractivity contribution >= 4 is 68.2 Å². The minimum atomic E-state index is -2.97. The quantitative estimate of drug-likeness (QED) is 0.193. The standard InChI is InChI=1S/C26H27Cl2N7O6S/c1-13-9-14(2)35(32-13)23(25(37)31-21-10-16(33-42(39)40)5-6-22(21)41-4)24-30-20-12-19(28)18(27)11-17(20)26(38)34(24)8-7-29-15(3)36/h5-6,9-12,23,42H,7-8H2,1-4H3,(H,29,36)(H,31,37)(H,33,39,40). The highest BCUT2D eigenvalue weighted by atomic mass is 35.5. The molecule has 0 spiro atoms. The lowest BCUT2D eigenvalue weighted by molar-refractivity contribution is -0.119. The maximum Gasteiger partial charge on any atom is 0.261 e. The smallest absolute Gasteiger partial charge is 0.261 e. The minimum absolute atomic E-state index is 0.0100.